The van der Waals surface area contributed by atoms with Gasteiger partial charge in [-0.05, 0) is 17.7 Å². The van der Waals surface area contributed by atoms with Gasteiger partial charge in [-0.1, -0.05) is 36.4 Å². The SMILES string of the molecule is Fc1cccc(N(OCc2ccccc2)N2CCOCC2)c1. The van der Waals surface area contributed by atoms with Crippen molar-refractivity contribution in [3.05, 3.63) is 66.0 Å². The molecular formula is C17H19FN2O2. The molecule has 1 aliphatic heterocycles. The Labute approximate surface area is 129 Å². The molecule has 0 N–H and O–H groups in total. The summed E-state index contributed by atoms with van der Waals surface area (Å²) in [7, 11) is 0. The lowest BCUT2D eigenvalue weighted by Gasteiger charge is -2.37. The van der Waals surface area contributed by atoms with Crippen LogP contribution < -0.4 is 5.17 Å². The van der Waals surface area contributed by atoms with Crippen molar-refractivity contribution in [2.75, 3.05) is 31.5 Å². The number of halogens is 1. The summed E-state index contributed by atoms with van der Waals surface area (Å²) < 4.78 is 18.9. The van der Waals surface area contributed by atoms with Gasteiger partial charge in [0.15, 0.2) is 0 Å². The summed E-state index contributed by atoms with van der Waals surface area (Å²) in [6.07, 6.45) is 0. The highest BCUT2D eigenvalue weighted by Gasteiger charge is 2.20. The van der Waals surface area contributed by atoms with E-state index in [1.54, 1.807) is 11.2 Å². The van der Waals surface area contributed by atoms with Gasteiger partial charge in [-0.25, -0.2) is 4.39 Å². The van der Waals surface area contributed by atoms with Crippen LogP contribution in [0.15, 0.2) is 54.6 Å². The lowest BCUT2D eigenvalue weighted by molar-refractivity contribution is -0.0627. The van der Waals surface area contributed by atoms with Crippen LogP contribution in [0.5, 0.6) is 0 Å². The molecule has 0 atom stereocenters. The van der Waals surface area contributed by atoms with Crippen LogP contribution >= 0.6 is 0 Å². The lowest BCUT2D eigenvalue weighted by atomic mass is 10.2. The minimum Gasteiger partial charge on any atom is -0.379 e. The van der Waals surface area contributed by atoms with E-state index >= 15 is 0 Å². The van der Waals surface area contributed by atoms with Crippen LogP contribution in [-0.2, 0) is 16.2 Å². The van der Waals surface area contributed by atoms with E-state index in [1.165, 1.54) is 12.1 Å². The third-order valence-corrected chi connectivity index (χ3v) is 3.47. The van der Waals surface area contributed by atoms with Crippen molar-refractivity contribution in [1.29, 1.82) is 0 Å². The molecule has 2 aromatic rings. The second kappa shape index (κ2) is 7.35. The Bertz CT molecular complexity index is 588. The molecule has 0 bridgehead atoms. The molecule has 3 rings (SSSR count). The molecule has 0 aromatic heterocycles. The number of anilines is 1. The Morgan fingerprint density at radius 3 is 2.55 bits per heavy atom. The molecule has 0 saturated carbocycles. The second-order valence-electron chi connectivity index (χ2n) is 5.08. The minimum atomic E-state index is -0.279. The van der Waals surface area contributed by atoms with Crippen molar-refractivity contribution in [2.24, 2.45) is 0 Å². The number of rotatable bonds is 5. The summed E-state index contributed by atoms with van der Waals surface area (Å²) >= 11 is 0. The predicted molar refractivity (Wildman–Crippen MR) is 82.5 cm³/mol. The highest BCUT2D eigenvalue weighted by molar-refractivity contribution is 5.43. The smallest absolute Gasteiger partial charge is 0.125 e. The first-order valence-corrected chi connectivity index (χ1v) is 7.38. The molecule has 0 amide bonds. The Morgan fingerprint density at radius 1 is 1.05 bits per heavy atom. The van der Waals surface area contributed by atoms with Crippen LogP contribution in [0.25, 0.3) is 0 Å². The third kappa shape index (κ3) is 3.82. The van der Waals surface area contributed by atoms with Crippen molar-refractivity contribution in [3.8, 4) is 0 Å². The summed E-state index contributed by atoms with van der Waals surface area (Å²) in [5.41, 5.74) is 1.75. The van der Waals surface area contributed by atoms with E-state index in [1.807, 2.05) is 41.4 Å². The largest absolute Gasteiger partial charge is 0.379 e. The zero-order chi connectivity index (χ0) is 15.2. The highest BCUT2D eigenvalue weighted by atomic mass is 19.1. The minimum absolute atomic E-state index is 0.279. The van der Waals surface area contributed by atoms with Crippen LogP contribution in [0, 0.1) is 5.82 Å². The Hall–Kier alpha value is -1.95. The van der Waals surface area contributed by atoms with Gasteiger partial charge in [-0.15, -0.1) is 0 Å². The van der Waals surface area contributed by atoms with E-state index in [0.29, 0.717) is 38.6 Å². The summed E-state index contributed by atoms with van der Waals surface area (Å²) in [4.78, 5) is 5.95. The van der Waals surface area contributed by atoms with Gasteiger partial charge >= 0.3 is 0 Å². The maximum Gasteiger partial charge on any atom is 0.125 e. The summed E-state index contributed by atoms with van der Waals surface area (Å²) in [5.74, 6) is -0.279. The molecule has 116 valence electrons. The molecule has 0 spiro atoms. The quantitative estimate of drug-likeness (QED) is 0.793. The maximum atomic E-state index is 13.5. The van der Waals surface area contributed by atoms with Gasteiger partial charge in [0.05, 0.1) is 18.9 Å². The van der Waals surface area contributed by atoms with Crippen molar-refractivity contribution in [1.82, 2.24) is 5.01 Å². The molecule has 4 nitrogen and oxygen atoms in total. The van der Waals surface area contributed by atoms with Gasteiger partial charge < -0.3 is 4.74 Å². The number of benzene rings is 2. The monoisotopic (exact) mass is 302 g/mol. The van der Waals surface area contributed by atoms with Crippen LogP contribution in [0.3, 0.4) is 0 Å². The Morgan fingerprint density at radius 2 is 1.82 bits per heavy atom. The second-order valence-corrected chi connectivity index (χ2v) is 5.08. The van der Waals surface area contributed by atoms with Crippen LogP contribution in [-0.4, -0.2) is 31.3 Å². The molecule has 0 aliphatic carbocycles. The van der Waals surface area contributed by atoms with Crippen molar-refractivity contribution >= 4 is 5.69 Å². The van der Waals surface area contributed by atoms with Gasteiger partial charge in [0.1, 0.15) is 12.4 Å². The van der Waals surface area contributed by atoms with E-state index in [9.17, 15) is 4.39 Å². The number of hydrogen-bond acceptors (Lipinski definition) is 4. The fourth-order valence-electron chi connectivity index (χ4n) is 2.36. The summed E-state index contributed by atoms with van der Waals surface area (Å²) in [6, 6.07) is 16.3. The first kappa shape index (κ1) is 15.0. The average Bonchev–Trinajstić information content (AvgIpc) is 2.57. The first-order chi connectivity index (χ1) is 10.8. The van der Waals surface area contributed by atoms with Gasteiger partial charge in [0.25, 0.3) is 0 Å². The molecule has 0 radical (unpaired) electrons. The molecule has 1 aliphatic rings. The number of hydrogen-bond donors (Lipinski definition) is 0. The third-order valence-electron chi connectivity index (χ3n) is 3.47. The Kier molecular flexibility index (Phi) is 5.00. The molecule has 22 heavy (non-hydrogen) atoms. The van der Waals surface area contributed by atoms with Crippen molar-refractivity contribution in [2.45, 2.75) is 6.61 Å². The molecule has 1 fully saturated rings. The number of nitrogens with zero attached hydrogens (tertiary/aromatic N) is 2. The Balaban J connectivity index is 1.76. The first-order valence-electron chi connectivity index (χ1n) is 7.38. The molecule has 1 heterocycles. The average molecular weight is 302 g/mol. The maximum absolute atomic E-state index is 13.5. The van der Waals surface area contributed by atoms with Gasteiger partial charge in [0, 0.05) is 19.2 Å². The van der Waals surface area contributed by atoms with E-state index in [4.69, 9.17) is 9.57 Å². The fraction of sp³-hybridized carbons (Fsp3) is 0.294. The van der Waals surface area contributed by atoms with Crippen LogP contribution in [0.4, 0.5) is 10.1 Å². The molecular weight excluding hydrogens is 283 g/mol. The normalized spacial score (nSPS) is 15.7. The van der Waals surface area contributed by atoms with E-state index < -0.39 is 0 Å². The van der Waals surface area contributed by atoms with Gasteiger partial charge in [-0.2, -0.15) is 10.2 Å². The molecule has 0 unspecified atom stereocenters. The van der Waals surface area contributed by atoms with Crippen LogP contribution in [0.2, 0.25) is 0 Å². The highest BCUT2D eigenvalue weighted by Crippen LogP contribution is 2.20. The van der Waals surface area contributed by atoms with E-state index in [2.05, 4.69) is 0 Å². The zero-order valence-corrected chi connectivity index (χ0v) is 12.3. The van der Waals surface area contributed by atoms with E-state index in [-0.39, 0.29) is 5.82 Å². The summed E-state index contributed by atoms with van der Waals surface area (Å²) in [6.45, 7) is 3.13. The van der Waals surface area contributed by atoms with Gasteiger partial charge in [0.2, 0.25) is 0 Å². The van der Waals surface area contributed by atoms with Crippen LogP contribution in [0.1, 0.15) is 5.56 Å². The van der Waals surface area contributed by atoms with Crippen molar-refractivity contribution < 1.29 is 14.0 Å². The van der Waals surface area contributed by atoms with Crippen molar-refractivity contribution in [3.63, 3.8) is 0 Å². The number of ether oxygens (including phenoxy) is 1. The fourth-order valence-corrected chi connectivity index (χ4v) is 2.36. The standard InChI is InChI=1S/C17H19FN2O2/c18-16-7-4-8-17(13-16)20(19-9-11-21-12-10-19)22-14-15-5-2-1-3-6-15/h1-8,13H,9-12,14H2. The predicted octanol–water partition coefficient (Wildman–Crippen LogP) is 3.01. The summed E-state index contributed by atoms with van der Waals surface area (Å²) in [5, 5.41) is 3.71. The number of morpholine rings is 1. The molecule has 1 saturated heterocycles. The van der Waals surface area contributed by atoms with E-state index in [0.717, 1.165) is 5.56 Å². The van der Waals surface area contributed by atoms with Gasteiger partial charge in [-0.3, -0.25) is 4.84 Å². The zero-order valence-electron chi connectivity index (χ0n) is 12.3. The number of hydrazine groups is 1. The molecule has 5 heteroatoms. The lowest BCUT2D eigenvalue weighted by Crippen LogP contribution is -2.49. The topological polar surface area (TPSA) is 24.9 Å². The molecule has 2 aromatic carbocycles.